The van der Waals surface area contributed by atoms with E-state index in [4.69, 9.17) is 4.42 Å². The summed E-state index contributed by atoms with van der Waals surface area (Å²) in [7, 11) is 0. The molecule has 5 aromatic rings. The minimum atomic E-state index is -0.390. The van der Waals surface area contributed by atoms with Crippen molar-refractivity contribution in [2.75, 3.05) is 0 Å². The second-order valence-corrected chi connectivity index (χ2v) is 6.99. The number of furan rings is 1. The highest BCUT2D eigenvalue weighted by Gasteiger charge is 2.19. The number of nitro benzene ring substituents is 1. The molecule has 0 saturated heterocycles. The number of nitro groups is 1. The second-order valence-electron chi connectivity index (χ2n) is 6.03. The topological polar surface area (TPSA) is 99.4 Å². The first-order chi connectivity index (χ1) is 13.1. The minimum absolute atomic E-state index is 0.0657. The van der Waals surface area contributed by atoms with E-state index in [2.05, 4.69) is 15.3 Å². The Bertz CT molecular complexity index is 1300. The number of benzene rings is 2. The molecule has 3 aromatic heterocycles. The van der Waals surface area contributed by atoms with Crippen LogP contribution in [0.15, 0.2) is 52.9 Å². The molecule has 0 spiro atoms. The average Bonchev–Trinajstić information content (AvgIpc) is 3.34. The molecule has 9 heteroatoms. The van der Waals surface area contributed by atoms with E-state index in [0.29, 0.717) is 32.7 Å². The standard InChI is InChI=1S/C18H11N5O3S/c1-10-6-7-12(8-13(10)23(24)25)17-21-22-16(19-20-18(22)27-17)15-9-11-4-2-3-5-14(11)26-15/h2-9H,1H3. The van der Waals surface area contributed by atoms with Gasteiger partial charge in [0.1, 0.15) is 10.6 Å². The summed E-state index contributed by atoms with van der Waals surface area (Å²) < 4.78 is 7.45. The van der Waals surface area contributed by atoms with Gasteiger partial charge in [-0.1, -0.05) is 41.7 Å². The van der Waals surface area contributed by atoms with Gasteiger partial charge >= 0.3 is 0 Å². The van der Waals surface area contributed by atoms with Crippen LogP contribution < -0.4 is 0 Å². The van der Waals surface area contributed by atoms with Crippen LogP contribution in [0, 0.1) is 17.0 Å². The second kappa shape index (κ2) is 5.71. The molecule has 0 N–H and O–H groups in total. The molecule has 0 bridgehead atoms. The van der Waals surface area contributed by atoms with Gasteiger partial charge in [-0.05, 0) is 19.1 Å². The van der Waals surface area contributed by atoms with Gasteiger partial charge in [-0.3, -0.25) is 10.1 Å². The van der Waals surface area contributed by atoms with Crippen molar-refractivity contribution in [3.8, 4) is 22.2 Å². The zero-order valence-electron chi connectivity index (χ0n) is 14.0. The van der Waals surface area contributed by atoms with Gasteiger partial charge in [0.25, 0.3) is 5.69 Å². The molecule has 0 radical (unpaired) electrons. The third-order valence-corrected chi connectivity index (χ3v) is 5.24. The zero-order chi connectivity index (χ0) is 18.5. The smallest absolute Gasteiger partial charge is 0.273 e. The number of aryl methyl sites for hydroxylation is 1. The zero-order valence-corrected chi connectivity index (χ0v) is 14.8. The number of hydrogen-bond donors (Lipinski definition) is 0. The molecule has 0 aliphatic rings. The van der Waals surface area contributed by atoms with Crippen molar-refractivity contribution in [3.63, 3.8) is 0 Å². The number of fused-ring (bicyclic) bond motifs is 2. The van der Waals surface area contributed by atoms with Crippen molar-refractivity contribution in [1.82, 2.24) is 19.8 Å². The Morgan fingerprint density at radius 2 is 2.00 bits per heavy atom. The lowest BCUT2D eigenvalue weighted by atomic mass is 10.1. The number of rotatable bonds is 3. The summed E-state index contributed by atoms with van der Waals surface area (Å²) in [6.07, 6.45) is 0. The monoisotopic (exact) mass is 377 g/mol. The summed E-state index contributed by atoms with van der Waals surface area (Å²) in [4.78, 5) is 11.4. The highest BCUT2D eigenvalue weighted by molar-refractivity contribution is 7.19. The van der Waals surface area contributed by atoms with Crippen molar-refractivity contribution < 1.29 is 9.34 Å². The summed E-state index contributed by atoms with van der Waals surface area (Å²) in [5, 5.41) is 25.7. The molecule has 2 aromatic carbocycles. The van der Waals surface area contributed by atoms with E-state index in [1.807, 2.05) is 36.4 Å². The molecule has 0 aliphatic carbocycles. The largest absolute Gasteiger partial charge is 0.453 e. The molecular weight excluding hydrogens is 366 g/mol. The van der Waals surface area contributed by atoms with Crippen LogP contribution in [0.5, 0.6) is 0 Å². The SMILES string of the molecule is Cc1ccc(-c2nn3c(-c4cc5ccccc5o4)nnc3s2)cc1[N+](=O)[O-]. The van der Waals surface area contributed by atoms with E-state index >= 15 is 0 Å². The summed E-state index contributed by atoms with van der Waals surface area (Å²) in [5.74, 6) is 1.06. The van der Waals surface area contributed by atoms with Gasteiger partial charge in [-0.15, -0.1) is 10.2 Å². The highest BCUT2D eigenvalue weighted by atomic mass is 32.1. The van der Waals surface area contributed by atoms with Crippen LogP contribution in [0.2, 0.25) is 0 Å². The van der Waals surface area contributed by atoms with Gasteiger partial charge in [0.05, 0.1) is 4.92 Å². The van der Waals surface area contributed by atoms with Crippen LogP contribution in [0.3, 0.4) is 0 Å². The lowest BCUT2D eigenvalue weighted by molar-refractivity contribution is -0.385. The van der Waals surface area contributed by atoms with Crippen molar-refractivity contribution >= 4 is 33.0 Å². The molecule has 3 heterocycles. The van der Waals surface area contributed by atoms with Crippen LogP contribution in [-0.2, 0) is 0 Å². The van der Waals surface area contributed by atoms with E-state index in [1.165, 1.54) is 17.4 Å². The normalized spacial score (nSPS) is 11.4. The Kier molecular flexibility index (Phi) is 3.31. The summed E-state index contributed by atoms with van der Waals surface area (Å²) in [5.41, 5.74) is 2.10. The molecular formula is C18H11N5O3S. The molecule has 0 aliphatic heterocycles. The Morgan fingerprint density at radius 3 is 2.81 bits per heavy atom. The van der Waals surface area contributed by atoms with Crippen LogP contribution in [0.4, 0.5) is 5.69 Å². The predicted octanol–water partition coefficient (Wildman–Crippen LogP) is 4.48. The van der Waals surface area contributed by atoms with E-state index in [0.717, 1.165) is 11.0 Å². The lowest BCUT2D eigenvalue weighted by Crippen LogP contribution is -1.93. The van der Waals surface area contributed by atoms with E-state index in [-0.39, 0.29) is 10.6 Å². The first kappa shape index (κ1) is 15.6. The minimum Gasteiger partial charge on any atom is -0.453 e. The lowest BCUT2D eigenvalue weighted by Gasteiger charge is -1.99. The first-order valence-electron chi connectivity index (χ1n) is 8.07. The van der Waals surface area contributed by atoms with E-state index in [9.17, 15) is 10.1 Å². The molecule has 27 heavy (non-hydrogen) atoms. The van der Waals surface area contributed by atoms with Crippen LogP contribution in [0.25, 0.3) is 38.1 Å². The molecule has 0 atom stereocenters. The first-order valence-corrected chi connectivity index (χ1v) is 8.88. The third kappa shape index (κ3) is 2.48. The number of para-hydroxylation sites is 1. The number of nitrogens with zero attached hydrogens (tertiary/aromatic N) is 5. The highest BCUT2D eigenvalue weighted by Crippen LogP contribution is 2.32. The van der Waals surface area contributed by atoms with E-state index in [1.54, 1.807) is 17.5 Å². The fourth-order valence-electron chi connectivity index (χ4n) is 2.92. The van der Waals surface area contributed by atoms with Crippen molar-refractivity contribution in [2.45, 2.75) is 6.92 Å². The van der Waals surface area contributed by atoms with Gasteiger partial charge in [-0.25, -0.2) is 0 Å². The Labute approximate surface area is 155 Å². The Morgan fingerprint density at radius 1 is 1.15 bits per heavy atom. The van der Waals surface area contributed by atoms with Crippen LogP contribution in [-0.4, -0.2) is 24.7 Å². The maximum Gasteiger partial charge on any atom is 0.273 e. The fourth-order valence-corrected chi connectivity index (χ4v) is 3.75. The molecule has 0 unspecified atom stereocenters. The predicted molar refractivity (Wildman–Crippen MR) is 101 cm³/mol. The van der Waals surface area contributed by atoms with Crippen molar-refractivity contribution in [1.29, 1.82) is 0 Å². The molecule has 0 fully saturated rings. The third-order valence-electron chi connectivity index (χ3n) is 4.29. The quantitative estimate of drug-likeness (QED) is 0.339. The number of aromatic nitrogens is 4. The van der Waals surface area contributed by atoms with Crippen molar-refractivity contribution in [3.05, 3.63) is 64.2 Å². The molecule has 8 nitrogen and oxygen atoms in total. The van der Waals surface area contributed by atoms with Gasteiger partial charge < -0.3 is 4.42 Å². The van der Waals surface area contributed by atoms with Gasteiger partial charge in [0, 0.05) is 22.6 Å². The van der Waals surface area contributed by atoms with Gasteiger partial charge in [0.2, 0.25) is 10.8 Å². The Balaban J connectivity index is 1.63. The maximum atomic E-state index is 11.2. The van der Waals surface area contributed by atoms with Gasteiger partial charge in [0.15, 0.2) is 5.76 Å². The molecule has 132 valence electrons. The average molecular weight is 377 g/mol. The summed E-state index contributed by atoms with van der Waals surface area (Å²) in [6, 6.07) is 14.6. The molecule has 0 saturated carbocycles. The number of hydrogen-bond acceptors (Lipinski definition) is 7. The fraction of sp³-hybridized carbons (Fsp3) is 0.0556. The van der Waals surface area contributed by atoms with Crippen molar-refractivity contribution in [2.24, 2.45) is 0 Å². The Hall–Kier alpha value is -3.59. The van der Waals surface area contributed by atoms with Crippen LogP contribution >= 0.6 is 11.3 Å². The maximum absolute atomic E-state index is 11.2. The molecule has 5 rings (SSSR count). The van der Waals surface area contributed by atoms with E-state index < -0.39 is 0 Å². The summed E-state index contributed by atoms with van der Waals surface area (Å²) >= 11 is 1.31. The molecule has 0 amide bonds. The summed E-state index contributed by atoms with van der Waals surface area (Å²) in [6.45, 7) is 1.71. The van der Waals surface area contributed by atoms with Gasteiger partial charge in [-0.2, -0.15) is 9.61 Å². The van der Waals surface area contributed by atoms with Crippen LogP contribution in [0.1, 0.15) is 5.56 Å².